The molecule has 0 atom stereocenters. The van der Waals surface area contributed by atoms with Crippen molar-refractivity contribution in [2.75, 3.05) is 13.1 Å². The fourth-order valence-corrected chi connectivity index (χ4v) is 2.86. The van der Waals surface area contributed by atoms with E-state index in [4.69, 9.17) is 16.0 Å². The van der Waals surface area contributed by atoms with Gasteiger partial charge in [-0.25, -0.2) is 0 Å². The smallest absolute Gasteiger partial charge is 0.270 e. The minimum Gasteiger partial charge on any atom is -0.465 e. The largest absolute Gasteiger partial charge is 0.465 e. The number of nitrogens with one attached hydrogen (secondary N) is 1. The van der Waals surface area contributed by atoms with Gasteiger partial charge < -0.3 is 14.6 Å². The van der Waals surface area contributed by atoms with Crippen molar-refractivity contribution in [2.24, 2.45) is 0 Å². The monoisotopic (exact) mass is 358 g/mol. The van der Waals surface area contributed by atoms with Gasteiger partial charge in [0.1, 0.15) is 11.5 Å². The lowest BCUT2D eigenvalue weighted by Gasteiger charge is -2.27. The Morgan fingerprint density at radius 1 is 1.08 bits per heavy atom. The van der Waals surface area contributed by atoms with Crippen LogP contribution in [-0.4, -0.2) is 29.8 Å². The first kappa shape index (κ1) is 17.3. The number of rotatable bonds is 4. The summed E-state index contributed by atoms with van der Waals surface area (Å²) in [6.45, 7) is 1.40. The highest BCUT2D eigenvalue weighted by Crippen LogP contribution is 2.15. The third-order valence-electron chi connectivity index (χ3n) is 4.06. The quantitative estimate of drug-likeness (QED) is 0.847. The lowest BCUT2D eigenvalue weighted by atomic mass is 10.1. The SMILES string of the molecule is O=C(N/C(=C/c1ccco1)C(=O)N1CCCCC1)c1ccc(Cl)cc1. The third-order valence-corrected chi connectivity index (χ3v) is 4.31. The average Bonchev–Trinajstić information content (AvgIpc) is 3.15. The van der Waals surface area contributed by atoms with E-state index in [1.54, 1.807) is 47.4 Å². The minimum atomic E-state index is -0.361. The van der Waals surface area contributed by atoms with Gasteiger partial charge in [-0.3, -0.25) is 9.59 Å². The van der Waals surface area contributed by atoms with Crippen LogP contribution < -0.4 is 5.32 Å². The second-order valence-electron chi connectivity index (χ2n) is 5.89. The Labute approximate surface area is 151 Å². The maximum Gasteiger partial charge on any atom is 0.270 e. The van der Waals surface area contributed by atoms with Crippen LogP contribution in [0, 0.1) is 0 Å². The van der Waals surface area contributed by atoms with Crippen LogP contribution in [-0.2, 0) is 4.79 Å². The van der Waals surface area contributed by atoms with E-state index >= 15 is 0 Å². The molecule has 1 aromatic carbocycles. The summed E-state index contributed by atoms with van der Waals surface area (Å²) in [5, 5.41) is 3.26. The first-order valence-corrected chi connectivity index (χ1v) is 8.63. The first-order valence-electron chi connectivity index (χ1n) is 8.25. The van der Waals surface area contributed by atoms with E-state index in [9.17, 15) is 9.59 Å². The molecule has 2 heterocycles. The lowest BCUT2D eigenvalue weighted by molar-refractivity contribution is -0.128. The number of furan rings is 1. The van der Waals surface area contributed by atoms with Gasteiger partial charge in [0, 0.05) is 29.8 Å². The van der Waals surface area contributed by atoms with E-state index in [1.807, 2.05) is 0 Å². The fraction of sp³-hybridized carbons (Fsp3) is 0.263. The second kappa shape index (κ2) is 8.03. The molecule has 0 spiro atoms. The standard InChI is InChI=1S/C19H19ClN2O3/c20-15-8-6-14(7-9-15)18(23)21-17(13-16-5-4-12-25-16)19(24)22-10-2-1-3-11-22/h4-9,12-13H,1-3,10-11H2,(H,21,23)/b17-13+. The topological polar surface area (TPSA) is 62.6 Å². The number of carbonyl (C=O) groups is 2. The molecule has 0 saturated carbocycles. The van der Waals surface area contributed by atoms with Gasteiger partial charge in [0.25, 0.3) is 11.8 Å². The van der Waals surface area contributed by atoms with Crippen LogP contribution in [0.1, 0.15) is 35.4 Å². The second-order valence-corrected chi connectivity index (χ2v) is 6.32. The summed E-state index contributed by atoms with van der Waals surface area (Å²) in [5.41, 5.74) is 0.637. The summed E-state index contributed by atoms with van der Waals surface area (Å²) in [5.74, 6) is -0.0463. The minimum absolute atomic E-state index is 0.196. The van der Waals surface area contributed by atoms with Crippen LogP contribution >= 0.6 is 11.6 Å². The van der Waals surface area contributed by atoms with Crippen molar-refractivity contribution in [1.29, 1.82) is 0 Å². The molecule has 25 heavy (non-hydrogen) atoms. The van der Waals surface area contributed by atoms with Gasteiger partial charge in [-0.15, -0.1) is 0 Å². The molecule has 0 aliphatic carbocycles. The zero-order valence-corrected chi connectivity index (χ0v) is 14.5. The molecule has 1 aliphatic heterocycles. The van der Waals surface area contributed by atoms with Crippen LogP contribution in [0.5, 0.6) is 0 Å². The van der Waals surface area contributed by atoms with Crippen LogP contribution in [0.25, 0.3) is 6.08 Å². The third kappa shape index (κ3) is 4.51. The van der Waals surface area contributed by atoms with E-state index in [-0.39, 0.29) is 17.5 Å². The van der Waals surface area contributed by atoms with E-state index < -0.39 is 0 Å². The Hall–Kier alpha value is -2.53. The number of hydrogen-bond donors (Lipinski definition) is 1. The number of amides is 2. The molecule has 2 aromatic rings. The maximum absolute atomic E-state index is 12.8. The maximum atomic E-state index is 12.8. The molecule has 1 fully saturated rings. The molecular formula is C19H19ClN2O3. The van der Waals surface area contributed by atoms with Crippen LogP contribution in [0.3, 0.4) is 0 Å². The average molecular weight is 359 g/mol. The number of benzene rings is 1. The predicted octanol–water partition coefficient (Wildman–Crippen LogP) is 3.72. The molecule has 0 unspecified atom stereocenters. The highest BCUT2D eigenvalue weighted by atomic mass is 35.5. The number of nitrogens with zero attached hydrogens (tertiary/aromatic N) is 1. The molecule has 130 valence electrons. The summed E-state index contributed by atoms with van der Waals surface area (Å²) in [6, 6.07) is 9.98. The lowest BCUT2D eigenvalue weighted by Crippen LogP contribution is -2.41. The zero-order chi connectivity index (χ0) is 17.6. The molecular weight excluding hydrogens is 340 g/mol. The molecule has 1 aromatic heterocycles. The van der Waals surface area contributed by atoms with Crippen molar-refractivity contribution in [3.63, 3.8) is 0 Å². The molecule has 3 rings (SSSR count). The van der Waals surface area contributed by atoms with Gasteiger partial charge in [-0.2, -0.15) is 0 Å². The van der Waals surface area contributed by atoms with Crippen molar-refractivity contribution >= 4 is 29.5 Å². The van der Waals surface area contributed by atoms with Gasteiger partial charge in [0.05, 0.1) is 6.26 Å². The fourth-order valence-electron chi connectivity index (χ4n) is 2.73. The van der Waals surface area contributed by atoms with Crippen molar-refractivity contribution < 1.29 is 14.0 Å². The van der Waals surface area contributed by atoms with Crippen molar-refractivity contribution in [3.8, 4) is 0 Å². The van der Waals surface area contributed by atoms with Gasteiger partial charge in [0.15, 0.2) is 0 Å². The molecule has 2 amide bonds. The van der Waals surface area contributed by atoms with E-state index in [1.165, 1.54) is 6.26 Å². The van der Waals surface area contributed by atoms with Gasteiger partial charge in [0.2, 0.25) is 0 Å². The van der Waals surface area contributed by atoms with E-state index in [0.717, 1.165) is 19.3 Å². The molecule has 0 bridgehead atoms. The van der Waals surface area contributed by atoms with Crippen molar-refractivity contribution in [1.82, 2.24) is 10.2 Å². The predicted molar refractivity (Wildman–Crippen MR) is 96.0 cm³/mol. The van der Waals surface area contributed by atoms with E-state index in [0.29, 0.717) is 29.4 Å². The Balaban J connectivity index is 1.82. The van der Waals surface area contributed by atoms with Crippen molar-refractivity contribution in [2.45, 2.75) is 19.3 Å². The Morgan fingerprint density at radius 3 is 2.44 bits per heavy atom. The zero-order valence-electron chi connectivity index (χ0n) is 13.7. The summed E-state index contributed by atoms with van der Waals surface area (Å²) >= 11 is 5.85. The van der Waals surface area contributed by atoms with Gasteiger partial charge in [-0.05, 0) is 55.7 Å². The Kier molecular flexibility index (Phi) is 5.56. The van der Waals surface area contributed by atoms with Crippen LogP contribution in [0.4, 0.5) is 0 Å². The molecule has 5 nitrogen and oxygen atoms in total. The highest BCUT2D eigenvalue weighted by molar-refractivity contribution is 6.30. The van der Waals surface area contributed by atoms with Gasteiger partial charge in [-0.1, -0.05) is 11.6 Å². The normalized spacial score (nSPS) is 15.1. The molecule has 1 N–H and O–H groups in total. The summed E-state index contributed by atoms with van der Waals surface area (Å²) in [4.78, 5) is 27.1. The van der Waals surface area contributed by atoms with Gasteiger partial charge >= 0.3 is 0 Å². The summed E-state index contributed by atoms with van der Waals surface area (Å²) < 4.78 is 5.29. The number of hydrogen-bond acceptors (Lipinski definition) is 3. The van der Waals surface area contributed by atoms with Crippen molar-refractivity contribution in [3.05, 3.63) is 64.7 Å². The number of likely N-dealkylation sites (tertiary alicyclic amines) is 1. The molecule has 6 heteroatoms. The number of piperidine rings is 1. The van der Waals surface area contributed by atoms with Crippen LogP contribution in [0.2, 0.25) is 5.02 Å². The summed E-state index contributed by atoms with van der Waals surface area (Å²) in [7, 11) is 0. The van der Waals surface area contributed by atoms with Crippen LogP contribution in [0.15, 0.2) is 52.8 Å². The number of carbonyl (C=O) groups excluding carboxylic acids is 2. The molecule has 0 radical (unpaired) electrons. The molecule has 1 saturated heterocycles. The number of halogens is 1. The Morgan fingerprint density at radius 2 is 1.80 bits per heavy atom. The summed E-state index contributed by atoms with van der Waals surface area (Å²) in [6.07, 6.45) is 6.16. The Bertz CT molecular complexity index is 760. The molecule has 1 aliphatic rings. The van der Waals surface area contributed by atoms with E-state index in [2.05, 4.69) is 5.32 Å². The highest BCUT2D eigenvalue weighted by Gasteiger charge is 2.22. The first-order chi connectivity index (χ1) is 12.1.